The molecule has 0 saturated carbocycles. The third-order valence-electron chi connectivity index (χ3n) is 5.49. The summed E-state index contributed by atoms with van der Waals surface area (Å²) in [6.45, 7) is 2.03. The van der Waals surface area contributed by atoms with E-state index in [-0.39, 0.29) is 30.5 Å². The predicted molar refractivity (Wildman–Crippen MR) is 126 cm³/mol. The Bertz CT molecular complexity index is 1580. The number of fused-ring (bicyclic) bond motifs is 1. The van der Waals surface area contributed by atoms with Gasteiger partial charge in [-0.3, -0.25) is 4.68 Å². The minimum Gasteiger partial charge on any atom is -0.479 e. The Morgan fingerprint density at radius 3 is 2.61 bits per heavy atom. The van der Waals surface area contributed by atoms with Crippen molar-refractivity contribution in [1.29, 1.82) is 0 Å². The van der Waals surface area contributed by atoms with Crippen molar-refractivity contribution >= 4 is 17.0 Å². The summed E-state index contributed by atoms with van der Waals surface area (Å²) in [6, 6.07) is 10.8. The molecule has 36 heavy (non-hydrogen) atoms. The number of methoxy groups -OCH3 is 1. The lowest BCUT2D eigenvalue weighted by molar-refractivity contribution is 0.0526. The average molecular weight is 490 g/mol. The molecule has 11 heteroatoms. The van der Waals surface area contributed by atoms with Crippen LogP contribution in [0.2, 0.25) is 0 Å². The fraction of sp³-hybridized carbons (Fsp3) is 0.160. The molecule has 5 rings (SSSR count). The van der Waals surface area contributed by atoms with E-state index in [4.69, 9.17) is 9.47 Å². The molecule has 5 aromatic rings. The number of halogens is 2. The third kappa shape index (κ3) is 4.26. The number of hydrogen-bond acceptors (Lipinski definition) is 7. The lowest BCUT2D eigenvalue weighted by Crippen LogP contribution is -2.08. The quantitative estimate of drug-likeness (QED) is 0.316. The van der Waals surface area contributed by atoms with Gasteiger partial charge < -0.3 is 9.47 Å². The Labute approximate surface area is 203 Å². The normalized spacial score (nSPS) is 11.1. The first-order chi connectivity index (χ1) is 17.5. The van der Waals surface area contributed by atoms with Crippen LogP contribution in [0.5, 0.6) is 5.88 Å². The van der Waals surface area contributed by atoms with Gasteiger partial charge in [-0.05, 0) is 24.6 Å². The SMILES string of the molecule is CCOC(=O)c1cnn(-c2nc(OC)c3c(cnn3Cc3ccc(-c4ccccc4F)cc3F)n2)c1. The van der Waals surface area contributed by atoms with Gasteiger partial charge in [-0.25, -0.2) is 23.2 Å². The first kappa shape index (κ1) is 23.1. The van der Waals surface area contributed by atoms with Crippen molar-refractivity contribution in [3.63, 3.8) is 0 Å². The van der Waals surface area contributed by atoms with Crippen molar-refractivity contribution in [3.05, 3.63) is 83.8 Å². The monoisotopic (exact) mass is 490 g/mol. The van der Waals surface area contributed by atoms with Gasteiger partial charge >= 0.3 is 5.97 Å². The van der Waals surface area contributed by atoms with Gasteiger partial charge in [0.15, 0.2) is 0 Å². The first-order valence-corrected chi connectivity index (χ1v) is 11.0. The van der Waals surface area contributed by atoms with E-state index in [0.29, 0.717) is 27.7 Å². The van der Waals surface area contributed by atoms with Crippen LogP contribution in [0.4, 0.5) is 8.78 Å². The Morgan fingerprint density at radius 2 is 1.86 bits per heavy atom. The van der Waals surface area contributed by atoms with E-state index in [1.807, 2.05) is 0 Å². The summed E-state index contributed by atoms with van der Waals surface area (Å²) in [6.07, 6.45) is 4.31. The number of benzene rings is 2. The summed E-state index contributed by atoms with van der Waals surface area (Å²) >= 11 is 0. The summed E-state index contributed by atoms with van der Waals surface area (Å²) in [5.74, 6) is -1.07. The molecule has 0 radical (unpaired) electrons. The van der Waals surface area contributed by atoms with E-state index in [0.717, 1.165) is 0 Å². The van der Waals surface area contributed by atoms with Crippen LogP contribution in [0.15, 0.2) is 61.1 Å². The van der Waals surface area contributed by atoms with Crippen molar-refractivity contribution in [2.24, 2.45) is 0 Å². The van der Waals surface area contributed by atoms with E-state index >= 15 is 0 Å². The summed E-state index contributed by atoms with van der Waals surface area (Å²) in [5.41, 5.74) is 2.25. The highest BCUT2D eigenvalue weighted by molar-refractivity contribution is 5.88. The molecule has 182 valence electrons. The molecule has 0 aliphatic rings. The first-order valence-electron chi connectivity index (χ1n) is 11.0. The van der Waals surface area contributed by atoms with Gasteiger partial charge in [-0.15, -0.1) is 0 Å². The molecule has 0 bridgehead atoms. The van der Waals surface area contributed by atoms with Crippen molar-refractivity contribution in [2.45, 2.75) is 13.5 Å². The smallest absolute Gasteiger partial charge is 0.341 e. The van der Waals surface area contributed by atoms with Gasteiger partial charge in [0.1, 0.15) is 22.7 Å². The molecule has 0 saturated heterocycles. The molecule has 3 aromatic heterocycles. The molecule has 0 unspecified atom stereocenters. The molecule has 3 heterocycles. The van der Waals surface area contributed by atoms with Crippen LogP contribution < -0.4 is 4.74 Å². The van der Waals surface area contributed by atoms with Crippen LogP contribution in [0.1, 0.15) is 22.8 Å². The van der Waals surface area contributed by atoms with Crippen LogP contribution in [0.3, 0.4) is 0 Å². The van der Waals surface area contributed by atoms with Crippen LogP contribution in [0.25, 0.3) is 28.1 Å². The molecule has 0 aliphatic heterocycles. The third-order valence-corrected chi connectivity index (χ3v) is 5.49. The summed E-state index contributed by atoms with van der Waals surface area (Å²) in [4.78, 5) is 20.8. The van der Waals surface area contributed by atoms with Crippen LogP contribution in [0, 0.1) is 11.6 Å². The maximum Gasteiger partial charge on any atom is 0.341 e. The standard InChI is InChI=1S/C25H20F2N6O3/c1-3-36-24(34)17-11-28-33(14-17)25-30-21-12-29-32(22(21)23(31-25)35-2)13-16-9-8-15(10-20(16)27)18-6-4-5-7-19(18)26/h4-12,14H,3,13H2,1-2H3. The minimum atomic E-state index is -0.507. The Kier molecular flexibility index (Phi) is 6.11. The van der Waals surface area contributed by atoms with Gasteiger partial charge in [0.25, 0.3) is 5.95 Å². The average Bonchev–Trinajstić information content (AvgIpc) is 3.53. The topological polar surface area (TPSA) is 97.0 Å². The Morgan fingerprint density at radius 1 is 1.03 bits per heavy atom. The second-order valence-corrected chi connectivity index (χ2v) is 7.75. The lowest BCUT2D eigenvalue weighted by Gasteiger charge is -2.10. The molecule has 0 N–H and O–H groups in total. The molecule has 0 amide bonds. The molecular formula is C25H20F2N6O3. The fourth-order valence-corrected chi connectivity index (χ4v) is 3.77. The highest BCUT2D eigenvalue weighted by Gasteiger charge is 2.18. The van der Waals surface area contributed by atoms with E-state index in [2.05, 4.69) is 20.2 Å². The van der Waals surface area contributed by atoms with Crippen molar-refractivity contribution in [1.82, 2.24) is 29.5 Å². The summed E-state index contributed by atoms with van der Waals surface area (Å²) < 4.78 is 42.4. The van der Waals surface area contributed by atoms with E-state index in [9.17, 15) is 13.6 Å². The molecule has 0 fully saturated rings. The zero-order valence-electron chi connectivity index (χ0n) is 19.4. The number of esters is 1. The summed E-state index contributed by atoms with van der Waals surface area (Å²) in [7, 11) is 1.44. The van der Waals surface area contributed by atoms with E-state index in [1.165, 1.54) is 47.2 Å². The minimum absolute atomic E-state index is 0.0702. The van der Waals surface area contributed by atoms with Crippen molar-refractivity contribution in [2.75, 3.05) is 13.7 Å². The van der Waals surface area contributed by atoms with Gasteiger partial charge in [0, 0.05) is 17.3 Å². The van der Waals surface area contributed by atoms with Crippen LogP contribution in [-0.4, -0.2) is 49.2 Å². The molecule has 0 aliphatic carbocycles. The zero-order chi connectivity index (χ0) is 25.2. The van der Waals surface area contributed by atoms with Gasteiger partial charge in [-0.1, -0.05) is 30.3 Å². The summed E-state index contributed by atoms with van der Waals surface area (Å²) in [5, 5.41) is 8.46. The molecular weight excluding hydrogens is 470 g/mol. The van der Waals surface area contributed by atoms with Gasteiger partial charge in [0.05, 0.1) is 38.2 Å². The molecule has 0 spiro atoms. The number of rotatable bonds is 7. The predicted octanol–water partition coefficient (Wildman–Crippen LogP) is 4.19. The van der Waals surface area contributed by atoms with Crippen molar-refractivity contribution in [3.8, 4) is 23.0 Å². The van der Waals surface area contributed by atoms with Gasteiger partial charge in [0.2, 0.25) is 5.88 Å². The molecule has 9 nitrogen and oxygen atoms in total. The second-order valence-electron chi connectivity index (χ2n) is 7.75. The van der Waals surface area contributed by atoms with E-state index < -0.39 is 17.6 Å². The number of carbonyl (C=O) groups excluding carboxylic acids is 1. The lowest BCUT2D eigenvalue weighted by atomic mass is 10.0. The van der Waals surface area contributed by atoms with Crippen LogP contribution >= 0.6 is 0 Å². The number of carbonyl (C=O) groups is 1. The number of ether oxygens (including phenoxy) is 2. The number of nitrogens with zero attached hydrogens (tertiary/aromatic N) is 6. The molecule has 0 atom stereocenters. The Balaban J connectivity index is 1.47. The highest BCUT2D eigenvalue weighted by atomic mass is 19.1. The van der Waals surface area contributed by atoms with Crippen LogP contribution in [-0.2, 0) is 11.3 Å². The van der Waals surface area contributed by atoms with E-state index in [1.54, 1.807) is 37.3 Å². The zero-order valence-corrected chi connectivity index (χ0v) is 19.4. The maximum absolute atomic E-state index is 15.0. The fourth-order valence-electron chi connectivity index (χ4n) is 3.77. The Hall–Kier alpha value is -4.67. The number of hydrogen-bond donors (Lipinski definition) is 0. The molecule has 2 aromatic carbocycles. The number of aromatic nitrogens is 6. The largest absolute Gasteiger partial charge is 0.479 e. The second kappa shape index (κ2) is 9.53. The maximum atomic E-state index is 15.0. The van der Waals surface area contributed by atoms with Crippen molar-refractivity contribution < 1.29 is 23.0 Å². The highest BCUT2D eigenvalue weighted by Crippen LogP contribution is 2.27. The van der Waals surface area contributed by atoms with Gasteiger partial charge in [-0.2, -0.15) is 15.2 Å².